The molecule has 7 aromatic rings. The van der Waals surface area contributed by atoms with Crippen LogP contribution in [0.3, 0.4) is 0 Å². The average molecular weight is 1170 g/mol. The van der Waals surface area contributed by atoms with Crippen LogP contribution in [0.15, 0.2) is 35.6 Å². The van der Waals surface area contributed by atoms with Gasteiger partial charge in [-0.15, -0.1) is 12.8 Å². The number of aromatic nitrogens is 14. The van der Waals surface area contributed by atoms with Crippen molar-refractivity contribution in [2.75, 3.05) is 0 Å². The van der Waals surface area contributed by atoms with E-state index in [0.717, 1.165) is 73.8 Å². The van der Waals surface area contributed by atoms with Gasteiger partial charge in [-0.3, -0.25) is 4.79 Å². The number of terminal acetylenes is 2. The first-order chi connectivity index (χ1) is 34.3. The molecule has 7 N–H and O–H groups in total. The van der Waals surface area contributed by atoms with E-state index in [2.05, 4.69) is 243 Å². The largest absolute Gasteiger partial charge is 0.346 e. The summed E-state index contributed by atoms with van der Waals surface area (Å²) in [6.45, 7) is 51.5. The van der Waals surface area contributed by atoms with E-state index in [0.29, 0.717) is 16.0 Å². The Morgan fingerprint density at radius 3 is 1.06 bits per heavy atom. The maximum absolute atomic E-state index is 10.9. The predicted molar refractivity (Wildman–Crippen MR) is 326 cm³/mol. The summed E-state index contributed by atoms with van der Waals surface area (Å²) in [6, 6.07) is 0. The minimum Gasteiger partial charge on any atom is -0.346 e. The Bertz CT molecular complexity index is 2810. The monoisotopic (exact) mass is 1160 g/mol. The number of rotatable bonds is 1. The fourth-order valence-corrected chi connectivity index (χ4v) is 6.12. The molecule has 0 amide bonds. The second kappa shape index (κ2) is 28.8. The van der Waals surface area contributed by atoms with Crippen LogP contribution >= 0.6 is 39.1 Å². The van der Waals surface area contributed by atoms with Crippen LogP contribution in [0, 0.1) is 45.5 Å². The van der Waals surface area contributed by atoms with Crippen LogP contribution < -0.4 is 0 Å². The van der Waals surface area contributed by atoms with Crippen molar-refractivity contribution in [2.24, 2.45) is 0 Å². The minimum atomic E-state index is -0.0201. The number of aryl methyl sites for hydroxylation is 3. The highest BCUT2D eigenvalue weighted by atomic mass is 79.9. The van der Waals surface area contributed by atoms with Gasteiger partial charge in [0.15, 0.2) is 5.78 Å². The summed E-state index contributed by atoms with van der Waals surface area (Å²) < 4.78 is 0.942. The van der Waals surface area contributed by atoms with Gasteiger partial charge < -0.3 is 34.9 Å². The topological polar surface area (TPSA) is 218 Å². The number of nitrogens with one attached hydrogen (secondary N) is 7. The Hall–Kier alpha value is -5.68. The van der Waals surface area contributed by atoms with Crippen LogP contribution in [0.2, 0.25) is 10.3 Å². The number of carbonyl (C=O) groups excluding carboxylic acids is 1. The molecule has 0 aromatic carbocycles. The fraction of sp³-hybridized carbons (Fsp3) is 0.559. The lowest BCUT2D eigenvalue weighted by Crippen LogP contribution is -2.13. The number of H-pyrrole nitrogens is 7. The summed E-state index contributed by atoms with van der Waals surface area (Å²) in [5, 5.41) is 1.18. The number of hydrogen-bond acceptors (Lipinski definition) is 8. The van der Waals surface area contributed by atoms with E-state index >= 15 is 0 Å². The van der Waals surface area contributed by atoms with Crippen LogP contribution in [-0.4, -0.2) is 75.6 Å². The molecule has 0 atom stereocenters. The van der Waals surface area contributed by atoms with Crippen LogP contribution in [0.4, 0.5) is 0 Å². The summed E-state index contributed by atoms with van der Waals surface area (Å²) >= 11 is 14.7. The van der Waals surface area contributed by atoms with Gasteiger partial charge in [-0.2, -0.15) is 0 Å². The van der Waals surface area contributed by atoms with Crippen molar-refractivity contribution in [2.45, 2.75) is 218 Å². The molecule has 7 heterocycles. The SMILES string of the molecule is C.C#Cc1cnc(C(C)(C)C)[nH]1.C#Cc1nc(C(C)(C)C)[nH]c1C.CC(=O)c1cnc(C(C)(C)C)[nH]1.CC(C)(C)c1ncc(Br)[nH]1.CC(C)(C)c1ncc(Cl)[nH]1.Cc1[nH]c(C(C)(C)C)nc1Cl.Cc1cnc(C(C)(C)C)[nH]1. The predicted octanol–water partition coefficient (Wildman–Crippen LogP) is 15.7. The summed E-state index contributed by atoms with van der Waals surface area (Å²) in [5.41, 5.74) is 5.55. The Kier molecular flexibility index (Phi) is 26.7. The number of carbonyl (C=O) groups is 1. The zero-order valence-corrected chi connectivity index (χ0v) is 53.3. The first kappa shape index (κ1) is 71.3. The number of Topliss-reactive ketones (excluding diaryl/α,β-unsaturated/α-hetero) is 1. The van der Waals surface area contributed by atoms with Gasteiger partial charge in [-0.25, -0.2) is 34.9 Å². The summed E-state index contributed by atoms with van der Waals surface area (Å²) in [5.74, 6) is 11.8. The standard InChI is InChI=1S/C10H14N2.C9H14N2O.C9H12N2.C8H13ClN2.C8H14N2.C7H11BrN2.C7H11ClN2.CH4/c1-6-8-7(2)11-9(12-8)10(3,4)5;1-6(12)7-5-10-8(11-7)9(2,3)4;1-5-7-6-10-8(11-7)9(2,3)4;1-5-6(9)11-7(10-5)8(2,3)4;1-6-5-9-7(10-6)8(2,3)4;2*1-7(2,3)6-9-4-5(8)10-6;/h1H,2-5H3,(H,11,12);5H,1-4H3,(H,10,11);1,6H,2-4H3,(H,10,11);1-4H3,(H,10,11);5H,1-4H3,(H,9,10);2*4H,1-3H3,(H,9,10);1H4. The van der Waals surface area contributed by atoms with Crippen LogP contribution in [0.25, 0.3) is 0 Å². The minimum absolute atomic E-state index is 0. The molecule has 0 aliphatic carbocycles. The summed E-state index contributed by atoms with van der Waals surface area (Å²) in [4.78, 5) is 61.9. The normalized spacial score (nSPS) is 11.6. The highest BCUT2D eigenvalue weighted by Gasteiger charge is 2.22. The van der Waals surface area contributed by atoms with Crippen molar-refractivity contribution in [3.05, 3.63) is 121 Å². The molecule has 0 fully saturated rings. The zero-order valence-electron chi connectivity index (χ0n) is 50.2. The van der Waals surface area contributed by atoms with Gasteiger partial charge in [-0.1, -0.05) is 182 Å². The van der Waals surface area contributed by atoms with Crippen molar-refractivity contribution < 1.29 is 4.79 Å². The van der Waals surface area contributed by atoms with Crippen molar-refractivity contribution in [1.82, 2.24) is 69.8 Å². The van der Waals surface area contributed by atoms with Gasteiger partial charge in [-0.05, 0) is 42.6 Å². The number of hydrogen-bond donors (Lipinski definition) is 7. The van der Waals surface area contributed by atoms with Crippen LogP contribution in [0.1, 0.15) is 239 Å². The van der Waals surface area contributed by atoms with Crippen molar-refractivity contribution in [3.8, 4) is 24.7 Å². The highest BCUT2D eigenvalue weighted by molar-refractivity contribution is 9.10. The Morgan fingerprint density at radius 1 is 0.468 bits per heavy atom. The van der Waals surface area contributed by atoms with Crippen LogP contribution in [-0.2, 0) is 37.9 Å². The van der Waals surface area contributed by atoms with E-state index in [1.54, 1.807) is 24.8 Å². The molecule has 426 valence electrons. The molecule has 0 aliphatic heterocycles. The van der Waals surface area contributed by atoms with Gasteiger partial charge in [0.25, 0.3) is 0 Å². The van der Waals surface area contributed by atoms with E-state index < -0.39 is 0 Å². The van der Waals surface area contributed by atoms with Gasteiger partial charge in [0.2, 0.25) is 0 Å². The van der Waals surface area contributed by atoms with Crippen molar-refractivity contribution in [3.63, 3.8) is 0 Å². The van der Waals surface area contributed by atoms with E-state index in [-0.39, 0.29) is 51.1 Å². The van der Waals surface area contributed by atoms with Gasteiger partial charge in [0.05, 0.1) is 30.5 Å². The molecule has 0 bridgehead atoms. The van der Waals surface area contributed by atoms with E-state index in [1.165, 1.54) is 6.92 Å². The Labute approximate surface area is 480 Å². The second-order valence-electron chi connectivity index (χ2n) is 25.5. The first-order valence-corrected chi connectivity index (χ1v) is 26.6. The molecule has 77 heavy (non-hydrogen) atoms. The van der Waals surface area contributed by atoms with E-state index in [9.17, 15) is 4.79 Å². The van der Waals surface area contributed by atoms with Gasteiger partial charge in [0, 0.05) is 62.4 Å². The fourth-order valence-electron chi connectivity index (χ4n) is 5.56. The summed E-state index contributed by atoms with van der Waals surface area (Å²) in [6.07, 6.45) is 19.0. The lowest BCUT2D eigenvalue weighted by molar-refractivity contribution is 0.101. The number of halogens is 3. The smallest absolute Gasteiger partial charge is 0.177 e. The number of nitrogens with zero attached hydrogens (tertiary/aromatic N) is 7. The third-order valence-electron chi connectivity index (χ3n) is 10.3. The number of ketones is 1. The highest BCUT2D eigenvalue weighted by Crippen LogP contribution is 2.25. The second-order valence-corrected chi connectivity index (χ2v) is 27.1. The Morgan fingerprint density at radius 2 is 0.844 bits per heavy atom. The first-order valence-electron chi connectivity index (χ1n) is 25.1. The van der Waals surface area contributed by atoms with Crippen molar-refractivity contribution in [1.29, 1.82) is 0 Å². The van der Waals surface area contributed by atoms with Gasteiger partial charge >= 0.3 is 0 Å². The molecule has 0 spiro atoms. The molecule has 7 rings (SSSR count). The lowest BCUT2D eigenvalue weighted by Gasteiger charge is -2.13. The average Bonchev–Trinajstić information content (AvgIpc) is 4.11. The molecule has 7 aromatic heterocycles. The van der Waals surface area contributed by atoms with E-state index in [4.69, 9.17) is 36.0 Å². The summed E-state index contributed by atoms with van der Waals surface area (Å²) in [7, 11) is 0. The zero-order chi connectivity index (χ0) is 59.2. The van der Waals surface area contributed by atoms with Gasteiger partial charge in [0.1, 0.15) is 72.8 Å². The quantitative estimate of drug-likeness (QED) is 0.0618. The van der Waals surface area contributed by atoms with Crippen LogP contribution in [0.5, 0.6) is 0 Å². The van der Waals surface area contributed by atoms with Crippen molar-refractivity contribution >= 4 is 44.9 Å². The molecule has 0 radical (unpaired) electrons. The van der Waals surface area contributed by atoms with E-state index in [1.807, 2.05) is 27.0 Å². The molecule has 15 nitrogen and oxygen atoms in total. The maximum atomic E-state index is 10.9. The molecule has 18 heteroatoms. The molecular weight excluding hydrogens is 1070 g/mol. The molecule has 0 saturated heterocycles. The Balaban J connectivity index is 0.000000874. The lowest BCUT2D eigenvalue weighted by atomic mass is 9.96. The maximum Gasteiger partial charge on any atom is 0.177 e. The third kappa shape index (κ3) is 25.6. The molecule has 0 unspecified atom stereocenters. The third-order valence-corrected chi connectivity index (χ3v) is 11.3. The molecular formula is C59H93BrCl2N14O. The number of imidazole rings is 7. The molecule has 0 aliphatic rings. The number of aromatic amines is 7. The molecule has 0 saturated carbocycles.